The molecule has 7 heteroatoms. The highest BCUT2D eigenvalue weighted by atomic mass is 32.2. The Morgan fingerprint density at radius 3 is 2.38 bits per heavy atom. The van der Waals surface area contributed by atoms with Gasteiger partial charge < -0.3 is 5.32 Å². The molecule has 1 N–H and O–H groups in total. The first-order chi connectivity index (χ1) is 9.95. The second kappa shape index (κ2) is 6.19. The van der Waals surface area contributed by atoms with E-state index in [-0.39, 0.29) is 4.90 Å². The SMILES string of the molecule is CNc1ncc(S(=O)(=O)N(C)Cc2ccccc2C)cn1. The molecule has 21 heavy (non-hydrogen) atoms. The number of aromatic nitrogens is 2. The molecular weight excluding hydrogens is 288 g/mol. The van der Waals surface area contributed by atoms with Crippen LogP contribution in [-0.2, 0) is 16.6 Å². The Morgan fingerprint density at radius 2 is 1.81 bits per heavy atom. The lowest BCUT2D eigenvalue weighted by molar-refractivity contribution is 0.465. The maximum absolute atomic E-state index is 12.5. The van der Waals surface area contributed by atoms with E-state index in [0.29, 0.717) is 12.5 Å². The summed E-state index contributed by atoms with van der Waals surface area (Å²) in [6.07, 6.45) is 2.62. The van der Waals surface area contributed by atoms with Gasteiger partial charge in [-0.1, -0.05) is 24.3 Å². The van der Waals surface area contributed by atoms with Gasteiger partial charge in [0.25, 0.3) is 0 Å². The van der Waals surface area contributed by atoms with Crippen LogP contribution >= 0.6 is 0 Å². The summed E-state index contributed by atoms with van der Waals surface area (Å²) in [5.74, 6) is 0.385. The van der Waals surface area contributed by atoms with Crippen molar-refractivity contribution in [2.75, 3.05) is 19.4 Å². The predicted molar refractivity (Wildman–Crippen MR) is 81.4 cm³/mol. The second-order valence-electron chi connectivity index (χ2n) is 4.68. The van der Waals surface area contributed by atoms with Crippen molar-refractivity contribution < 1.29 is 8.42 Å². The number of hydrogen-bond donors (Lipinski definition) is 1. The summed E-state index contributed by atoms with van der Waals surface area (Å²) in [5, 5.41) is 2.75. The summed E-state index contributed by atoms with van der Waals surface area (Å²) < 4.78 is 26.2. The van der Waals surface area contributed by atoms with Crippen LogP contribution in [0.2, 0.25) is 0 Å². The number of hydrogen-bond acceptors (Lipinski definition) is 5. The highest BCUT2D eigenvalue weighted by Gasteiger charge is 2.22. The van der Waals surface area contributed by atoms with Gasteiger partial charge in [0, 0.05) is 20.6 Å². The van der Waals surface area contributed by atoms with E-state index in [4.69, 9.17) is 0 Å². The summed E-state index contributed by atoms with van der Waals surface area (Å²) in [6.45, 7) is 2.27. The molecule has 1 aromatic heterocycles. The minimum absolute atomic E-state index is 0.0811. The molecule has 0 aliphatic heterocycles. The number of nitrogens with one attached hydrogen (secondary N) is 1. The van der Waals surface area contributed by atoms with Gasteiger partial charge in [-0.15, -0.1) is 0 Å². The molecule has 0 fully saturated rings. The summed E-state index contributed by atoms with van der Waals surface area (Å²) in [5.41, 5.74) is 2.03. The first-order valence-corrected chi connectivity index (χ1v) is 7.90. The van der Waals surface area contributed by atoms with E-state index in [1.54, 1.807) is 14.1 Å². The van der Waals surface area contributed by atoms with Crippen LogP contribution in [-0.4, -0.2) is 36.8 Å². The van der Waals surface area contributed by atoms with Crippen LogP contribution in [0.25, 0.3) is 0 Å². The molecule has 112 valence electrons. The van der Waals surface area contributed by atoms with Gasteiger partial charge in [0.1, 0.15) is 4.90 Å². The van der Waals surface area contributed by atoms with Crippen LogP contribution in [0.5, 0.6) is 0 Å². The molecule has 0 aliphatic carbocycles. The molecule has 0 spiro atoms. The average Bonchev–Trinajstić information content (AvgIpc) is 2.49. The van der Waals surface area contributed by atoms with Crippen molar-refractivity contribution in [2.45, 2.75) is 18.4 Å². The summed E-state index contributed by atoms with van der Waals surface area (Å²) in [7, 11) is -0.375. The standard InChI is InChI=1S/C14H18N4O2S/c1-11-6-4-5-7-12(11)10-18(3)21(19,20)13-8-16-14(15-2)17-9-13/h4-9H,10H2,1-3H3,(H,15,16,17). The van der Waals surface area contributed by atoms with Gasteiger partial charge in [0.15, 0.2) is 0 Å². The Labute approximate surface area is 124 Å². The molecule has 6 nitrogen and oxygen atoms in total. The predicted octanol–water partition coefficient (Wildman–Crippen LogP) is 1.65. The topological polar surface area (TPSA) is 75.2 Å². The van der Waals surface area contributed by atoms with E-state index in [1.807, 2.05) is 31.2 Å². The normalized spacial score (nSPS) is 11.6. The molecule has 0 unspecified atom stereocenters. The van der Waals surface area contributed by atoms with Crippen molar-refractivity contribution in [3.8, 4) is 0 Å². The summed E-state index contributed by atoms with van der Waals surface area (Å²) in [4.78, 5) is 7.97. The lowest BCUT2D eigenvalue weighted by Gasteiger charge is -2.18. The number of nitrogens with zero attached hydrogens (tertiary/aromatic N) is 3. The second-order valence-corrected chi connectivity index (χ2v) is 6.72. The van der Waals surface area contributed by atoms with Crippen molar-refractivity contribution in [1.29, 1.82) is 0 Å². The maximum atomic E-state index is 12.5. The van der Waals surface area contributed by atoms with Crippen LogP contribution in [0.3, 0.4) is 0 Å². The van der Waals surface area contributed by atoms with Crippen molar-refractivity contribution in [3.63, 3.8) is 0 Å². The first-order valence-electron chi connectivity index (χ1n) is 6.46. The third-order valence-corrected chi connectivity index (χ3v) is 4.97. The molecule has 0 saturated carbocycles. The molecular formula is C14H18N4O2S. The van der Waals surface area contributed by atoms with Crippen molar-refractivity contribution in [3.05, 3.63) is 47.8 Å². The monoisotopic (exact) mass is 306 g/mol. The number of rotatable bonds is 5. The number of aryl methyl sites for hydroxylation is 1. The Balaban J connectivity index is 2.24. The molecule has 0 atom stereocenters. The quantitative estimate of drug-likeness (QED) is 0.909. The average molecular weight is 306 g/mol. The minimum atomic E-state index is -3.60. The van der Waals surface area contributed by atoms with Gasteiger partial charge in [-0.3, -0.25) is 0 Å². The number of benzene rings is 1. The molecule has 0 amide bonds. The van der Waals surface area contributed by atoms with Gasteiger partial charge in [0.05, 0.1) is 12.4 Å². The van der Waals surface area contributed by atoms with Crippen LogP contribution in [0.4, 0.5) is 5.95 Å². The highest BCUT2D eigenvalue weighted by Crippen LogP contribution is 2.17. The Bertz CT molecular complexity index is 714. The molecule has 0 aliphatic rings. The fraction of sp³-hybridized carbons (Fsp3) is 0.286. The van der Waals surface area contributed by atoms with E-state index >= 15 is 0 Å². The minimum Gasteiger partial charge on any atom is -0.357 e. The first kappa shape index (κ1) is 15.4. The van der Waals surface area contributed by atoms with Gasteiger partial charge in [-0.05, 0) is 18.1 Å². The van der Waals surface area contributed by atoms with Gasteiger partial charge in [-0.25, -0.2) is 18.4 Å². The van der Waals surface area contributed by atoms with Gasteiger partial charge >= 0.3 is 0 Å². The molecule has 1 aromatic carbocycles. The van der Waals surface area contributed by atoms with Crippen molar-refractivity contribution >= 4 is 16.0 Å². The fourth-order valence-corrected chi connectivity index (χ4v) is 2.91. The third-order valence-electron chi connectivity index (χ3n) is 3.21. The molecule has 1 heterocycles. The van der Waals surface area contributed by atoms with E-state index in [0.717, 1.165) is 11.1 Å². The number of anilines is 1. The summed E-state index contributed by atoms with van der Waals surface area (Å²) in [6, 6.07) is 7.70. The maximum Gasteiger partial charge on any atom is 0.246 e. The lowest BCUT2D eigenvalue weighted by Crippen LogP contribution is -2.27. The number of sulfonamides is 1. The van der Waals surface area contributed by atoms with Gasteiger partial charge in [0.2, 0.25) is 16.0 Å². The van der Waals surface area contributed by atoms with E-state index < -0.39 is 10.0 Å². The van der Waals surface area contributed by atoms with Crippen molar-refractivity contribution in [2.24, 2.45) is 0 Å². The van der Waals surface area contributed by atoms with Crippen LogP contribution in [0, 0.1) is 6.92 Å². The molecule has 0 bridgehead atoms. The zero-order valence-electron chi connectivity index (χ0n) is 12.2. The molecule has 2 rings (SSSR count). The van der Waals surface area contributed by atoms with Crippen LogP contribution in [0.15, 0.2) is 41.6 Å². The molecule has 0 radical (unpaired) electrons. The van der Waals surface area contributed by atoms with E-state index in [1.165, 1.54) is 16.7 Å². The van der Waals surface area contributed by atoms with Crippen LogP contribution < -0.4 is 5.32 Å². The van der Waals surface area contributed by atoms with Crippen molar-refractivity contribution in [1.82, 2.24) is 14.3 Å². The third kappa shape index (κ3) is 3.37. The zero-order chi connectivity index (χ0) is 15.5. The summed E-state index contributed by atoms with van der Waals surface area (Å²) >= 11 is 0. The Hall–Kier alpha value is -1.99. The zero-order valence-corrected chi connectivity index (χ0v) is 13.1. The lowest BCUT2D eigenvalue weighted by atomic mass is 10.1. The Morgan fingerprint density at radius 1 is 1.19 bits per heavy atom. The molecule has 2 aromatic rings. The van der Waals surface area contributed by atoms with E-state index in [9.17, 15) is 8.42 Å². The van der Waals surface area contributed by atoms with E-state index in [2.05, 4.69) is 15.3 Å². The smallest absolute Gasteiger partial charge is 0.246 e. The fourth-order valence-electron chi connectivity index (χ4n) is 1.87. The largest absolute Gasteiger partial charge is 0.357 e. The van der Waals surface area contributed by atoms with Gasteiger partial charge in [-0.2, -0.15) is 4.31 Å². The highest BCUT2D eigenvalue weighted by molar-refractivity contribution is 7.89. The van der Waals surface area contributed by atoms with Crippen LogP contribution in [0.1, 0.15) is 11.1 Å². The Kier molecular flexibility index (Phi) is 4.54. The molecule has 0 saturated heterocycles.